The molecule has 0 aromatic heterocycles. The van der Waals surface area contributed by atoms with Gasteiger partial charge in [-0.15, -0.1) is 0 Å². The molecule has 0 aliphatic heterocycles. The van der Waals surface area contributed by atoms with Crippen LogP contribution in [-0.2, 0) is 4.79 Å². The third kappa shape index (κ3) is 3.90. The molecule has 24 heavy (non-hydrogen) atoms. The van der Waals surface area contributed by atoms with Crippen molar-refractivity contribution < 1.29 is 14.6 Å². The van der Waals surface area contributed by atoms with Gasteiger partial charge in [0.05, 0.1) is 5.57 Å². The van der Waals surface area contributed by atoms with E-state index in [4.69, 9.17) is 4.74 Å². The zero-order chi connectivity index (χ0) is 16.8. The predicted molar refractivity (Wildman–Crippen MR) is 94.9 cm³/mol. The normalized spacial score (nSPS) is 11.1. The van der Waals surface area contributed by atoms with Crippen LogP contribution >= 0.6 is 0 Å². The third-order valence-electron chi connectivity index (χ3n) is 3.49. The highest BCUT2D eigenvalue weighted by Gasteiger charge is 2.09. The first-order valence-corrected chi connectivity index (χ1v) is 7.56. The fourth-order valence-corrected chi connectivity index (χ4v) is 2.31. The van der Waals surface area contributed by atoms with E-state index >= 15 is 0 Å². The number of carboxylic acids is 1. The van der Waals surface area contributed by atoms with Crippen LogP contribution in [0, 0.1) is 0 Å². The summed E-state index contributed by atoms with van der Waals surface area (Å²) >= 11 is 0. The highest BCUT2D eigenvalue weighted by Crippen LogP contribution is 2.23. The summed E-state index contributed by atoms with van der Waals surface area (Å²) in [5, 5.41) is 9.44. The lowest BCUT2D eigenvalue weighted by Crippen LogP contribution is -1.99. The molecule has 0 fully saturated rings. The Morgan fingerprint density at radius 2 is 1.29 bits per heavy atom. The minimum Gasteiger partial charge on any atom is -0.478 e. The minimum absolute atomic E-state index is 0.257. The van der Waals surface area contributed by atoms with Gasteiger partial charge in [0.15, 0.2) is 0 Å². The maximum Gasteiger partial charge on any atom is 0.336 e. The zero-order valence-electron chi connectivity index (χ0n) is 12.9. The predicted octanol–water partition coefficient (Wildman–Crippen LogP) is 5.10. The van der Waals surface area contributed by atoms with Crippen molar-refractivity contribution in [1.82, 2.24) is 0 Å². The van der Waals surface area contributed by atoms with E-state index in [2.05, 4.69) is 0 Å². The van der Waals surface area contributed by atoms with Gasteiger partial charge >= 0.3 is 5.97 Å². The molecule has 1 N–H and O–H groups in total. The van der Waals surface area contributed by atoms with Gasteiger partial charge < -0.3 is 9.84 Å². The second-order valence-corrected chi connectivity index (χ2v) is 5.21. The highest BCUT2D eigenvalue weighted by molar-refractivity contribution is 6.20. The van der Waals surface area contributed by atoms with E-state index in [0.717, 1.165) is 11.3 Å². The Hall–Kier alpha value is -3.33. The summed E-state index contributed by atoms with van der Waals surface area (Å²) in [6.07, 6.45) is 1.66. The topological polar surface area (TPSA) is 46.5 Å². The van der Waals surface area contributed by atoms with E-state index in [9.17, 15) is 9.90 Å². The Labute approximate surface area is 140 Å². The van der Waals surface area contributed by atoms with E-state index in [-0.39, 0.29) is 5.57 Å². The van der Waals surface area contributed by atoms with Gasteiger partial charge in [-0.1, -0.05) is 60.7 Å². The van der Waals surface area contributed by atoms with Crippen LogP contribution in [0.2, 0.25) is 0 Å². The molecular weight excluding hydrogens is 300 g/mol. The molecule has 3 nitrogen and oxygen atoms in total. The van der Waals surface area contributed by atoms with Crippen molar-refractivity contribution in [2.75, 3.05) is 0 Å². The van der Waals surface area contributed by atoms with Gasteiger partial charge in [-0.3, -0.25) is 0 Å². The number of hydrogen-bond acceptors (Lipinski definition) is 2. The molecule has 0 aliphatic rings. The summed E-state index contributed by atoms with van der Waals surface area (Å²) in [6.45, 7) is 0. The SMILES string of the molecule is O=C(O)/C(=C\c1ccc(Oc2ccccc2)cc1)c1ccccc1. The summed E-state index contributed by atoms with van der Waals surface area (Å²) in [4.78, 5) is 11.5. The Bertz CT molecular complexity index is 835. The maximum atomic E-state index is 11.5. The first kappa shape index (κ1) is 15.6. The zero-order valence-corrected chi connectivity index (χ0v) is 12.9. The molecule has 3 aromatic carbocycles. The van der Waals surface area contributed by atoms with Crippen LogP contribution in [-0.4, -0.2) is 11.1 Å². The molecule has 0 atom stereocenters. The van der Waals surface area contributed by atoms with Crippen LogP contribution in [0.4, 0.5) is 0 Å². The Morgan fingerprint density at radius 3 is 1.88 bits per heavy atom. The standard InChI is InChI=1S/C21H16O3/c22-21(23)20(17-7-3-1-4-8-17)15-16-11-13-19(14-12-16)24-18-9-5-2-6-10-18/h1-15H,(H,22,23)/b20-15-. The van der Waals surface area contributed by atoms with Gasteiger partial charge in [-0.25, -0.2) is 4.79 Å². The number of rotatable bonds is 5. The number of para-hydroxylation sites is 1. The summed E-state index contributed by atoms with van der Waals surface area (Å²) < 4.78 is 5.73. The number of carbonyl (C=O) groups is 1. The summed E-state index contributed by atoms with van der Waals surface area (Å²) in [5.74, 6) is 0.511. The monoisotopic (exact) mass is 316 g/mol. The van der Waals surface area contributed by atoms with Crippen LogP contribution in [0.25, 0.3) is 11.6 Å². The summed E-state index contributed by atoms with van der Waals surface area (Å²) in [5.41, 5.74) is 1.73. The second kappa shape index (κ2) is 7.29. The van der Waals surface area contributed by atoms with Gasteiger partial charge in [-0.2, -0.15) is 0 Å². The molecule has 0 amide bonds. The first-order valence-electron chi connectivity index (χ1n) is 7.56. The first-order chi connectivity index (χ1) is 11.7. The van der Waals surface area contributed by atoms with Gasteiger partial charge in [0.25, 0.3) is 0 Å². The van der Waals surface area contributed by atoms with Crippen molar-refractivity contribution in [1.29, 1.82) is 0 Å². The van der Waals surface area contributed by atoms with Crippen LogP contribution in [0.5, 0.6) is 11.5 Å². The lowest BCUT2D eigenvalue weighted by molar-refractivity contribution is -0.130. The molecule has 118 valence electrons. The lowest BCUT2D eigenvalue weighted by atomic mass is 10.0. The smallest absolute Gasteiger partial charge is 0.336 e. The van der Waals surface area contributed by atoms with E-state index in [1.54, 1.807) is 18.2 Å². The maximum absolute atomic E-state index is 11.5. The van der Waals surface area contributed by atoms with Crippen molar-refractivity contribution in [2.45, 2.75) is 0 Å². The van der Waals surface area contributed by atoms with Crippen molar-refractivity contribution in [3.8, 4) is 11.5 Å². The van der Waals surface area contributed by atoms with Crippen molar-refractivity contribution in [3.05, 3.63) is 96.1 Å². The van der Waals surface area contributed by atoms with Crippen LogP contribution in [0.15, 0.2) is 84.9 Å². The average molecular weight is 316 g/mol. The minimum atomic E-state index is -0.953. The molecule has 3 aromatic rings. The summed E-state index contributed by atoms with van der Waals surface area (Å²) in [6, 6.07) is 25.9. The molecule has 0 unspecified atom stereocenters. The largest absolute Gasteiger partial charge is 0.478 e. The Morgan fingerprint density at radius 1 is 0.750 bits per heavy atom. The van der Waals surface area contributed by atoms with E-state index in [1.165, 1.54) is 0 Å². The molecule has 0 saturated carbocycles. The number of carboxylic acid groups (broad SMARTS) is 1. The van der Waals surface area contributed by atoms with E-state index < -0.39 is 5.97 Å². The fraction of sp³-hybridized carbons (Fsp3) is 0. The van der Waals surface area contributed by atoms with Gasteiger partial charge in [0.2, 0.25) is 0 Å². The van der Waals surface area contributed by atoms with Crippen LogP contribution in [0.1, 0.15) is 11.1 Å². The number of aliphatic carboxylic acids is 1. The Balaban J connectivity index is 1.83. The molecule has 0 radical (unpaired) electrons. The molecule has 0 heterocycles. The molecular formula is C21H16O3. The van der Waals surface area contributed by atoms with E-state index in [1.807, 2.05) is 72.8 Å². The third-order valence-corrected chi connectivity index (χ3v) is 3.49. The molecule has 3 rings (SSSR count). The highest BCUT2D eigenvalue weighted by atomic mass is 16.5. The summed E-state index contributed by atoms with van der Waals surface area (Å²) in [7, 11) is 0. The van der Waals surface area contributed by atoms with Gasteiger partial charge in [0.1, 0.15) is 11.5 Å². The molecule has 3 heteroatoms. The number of hydrogen-bond donors (Lipinski definition) is 1. The van der Waals surface area contributed by atoms with Crippen molar-refractivity contribution in [2.24, 2.45) is 0 Å². The molecule has 0 saturated heterocycles. The number of benzene rings is 3. The number of ether oxygens (including phenoxy) is 1. The molecule has 0 aliphatic carbocycles. The molecule has 0 bridgehead atoms. The average Bonchev–Trinajstić information content (AvgIpc) is 2.62. The van der Waals surface area contributed by atoms with Crippen LogP contribution in [0.3, 0.4) is 0 Å². The lowest BCUT2D eigenvalue weighted by Gasteiger charge is -2.06. The quantitative estimate of drug-likeness (QED) is 0.526. The van der Waals surface area contributed by atoms with Crippen molar-refractivity contribution >= 4 is 17.6 Å². The van der Waals surface area contributed by atoms with Crippen molar-refractivity contribution in [3.63, 3.8) is 0 Å². The van der Waals surface area contributed by atoms with E-state index in [0.29, 0.717) is 11.3 Å². The Kier molecular flexibility index (Phi) is 4.73. The molecule has 0 spiro atoms. The second-order valence-electron chi connectivity index (χ2n) is 5.21. The van der Waals surface area contributed by atoms with Gasteiger partial charge in [0, 0.05) is 0 Å². The fourth-order valence-electron chi connectivity index (χ4n) is 2.31. The van der Waals surface area contributed by atoms with Crippen LogP contribution < -0.4 is 4.74 Å². The van der Waals surface area contributed by atoms with Gasteiger partial charge in [-0.05, 0) is 41.5 Å².